The Balaban J connectivity index is 1.74. The number of nitrogens with zero attached hydrogens (tertiary/aromatic N) is 3. The van der Waals surface area contributed by atoms with E-state index in [9.17, 15) is 24.3 Å². The second-order valence-electron chi connectivity index (χ2n) is 16.2. The van der Waals surface area contributed by atoms with Crippen LogP contribution < -0.4 is 0 Å². The van der Waals surface area contributed by atoms with Crippen LogP contribution in [-0.2, 0) is 28.7 Å². The maximum atomic E-state index is 15.0. The van der Waals surface area contributed by atoms with Crippen LogP contribution in [0.2, 0.25) is 0 Å². The van der Waals surface area contributed by atoms with E-state index in [2.05, 4.69) is 33.9 Å². The number of esters is 1. The Kier molecular flexibility index (Phi) is 12.1. The molecule has 3 fully saturated rings. The first-order chi connectivity index (χ1) is 23.5. The summed E-state index contributed by atoms with van der Waals surface area (Å²) >= 11 is 0. The maximum Gasteiger partial charge on any atom is 0.313 e. The van der Waals surface area contributed by atoms with Gasteiger partial charge in [0.05, 0.1) is 36.6 Å². The van der Waals surface area contributed by atoms with E-state index in [4.69, 9.17) is 9.47 Å². The molecule has 3 aliphatic heterocycles. The minimum Gasteiger partial charge on any atom is -0.455 e. The lowest BCUT2D eigenvalue weighted by Crippen LogP contribution is -2.62. The Morgan fingerprint density at radius 2 is 1.80 bits per heavy atom. The average molecular weight is 694 g/mol. The number of carbonyl (C=O) groups is 4. The summed E-state index contributed by atoms with van der Waals surface area (Å²) < 4.78 is 13.1. The van der Waals surface area contributed by atoms with E-state index >= 15 is 0 Å². The summed E-state index contributed by atoms with van der Waals surface area (Å²) in [6.07, 6.45) is 4.78. The summed E-state index contributed by atoms with van der Waals surface area (Å²) in [5.74, 6) is -3.26. The molecule has 4 rings (SSSR count). The van der Waals surface area contributed by atoms with Crippen molar-refractivity contribution in [3.05, 3.63) is 61.2 Å². The number of likely N-dealkylation sites (N-methyl/N-ethyl adjacent to an activating group) is 1. The summed E-state index contributed by atoms with van der Waals surface area (Å²) in [6, 6.07) is 7.09. The summed E-state index contributed by atoms with van der Waals surface area (Å²) in [4.78, 5) is 62.1. The number of carbonyl (C=O) groups excluding carboxylic acids is 4. The van der Waals surface area contributed by atoms with Crippen molar-refractivity contribution in [2.24, 2.45) is 17.3 Å². The van der Waals surface area contributed by atoms with Crippen LogP contribution >= 0.6 is 0 Å². The fraction of sp³-hybridized carbons (Fsp3) is 0.650. The van der Waals surface area contributed by atoms with Gasteiger partial charge in [0.25, 0.3) is 0 Å². The standard InChI is InChI=1S/C40H59N3O7/c1-11-14-20-30(45)41(10)26(4)33(27-18-16-15-17-19-27)49-37(48)31-29-21-22-40(50-29)32(31)35(46)43(28(13-3)24-44)34(40)36(47)42(23-12-2)39(8,9)25-38(5,6)7/h11-12,15-19,26,28-29,31-34,44H,1-2,13-14,20-25H2,3-10H3/t26-,28+,29+,31-,32-,33+,34+,40-/m1/s1. The van der Waals surface area contributed by atoms with Crippen LogP contribution in [0.5, 0.6) is 0 Å². The van der Waals surface area contributed by atoms with Crippen molar-refractivity contribution in [2.75, 3.05) is 20.2 Å². The fourth-order valence-corrected chi connectivity index (χ4v) is 8.87. The number of likely N-dealkylation sites (tertiary alicyclic amines) is 1. The molecule has 0 unspecified atom stereocenters. The first-order valence-electron chi connectivity index (χ1n) is 18.1. The second-order valence-corrected chi connectivity index (χ2v) is 16.2. The Labute approximate surface area is 298 Å². The van der Waals surface area contributed by atoms with E-state index in [1.165, 1.54) is 4.90 Å². The third kappa shape index (κ3) is 7.42. The lowest BCUT2D eigenvalue weighted by Gasteiger charge is -2.46. The van der Waals surface area contributed by atoms with Crippen LogP contribution in [0.15, 0.2) is 55.6 Å². The van der Waals surface area contributed by atoms with E-state index in [1.807, 2.05) is 58.0 Å². The Morgan fingerprint density at radius 3 is 2.36 bits per heavy atom. The number of ether oxygens (including phenoxy) is 2. The molecule has 3 amide bonds. The number of aliphatic hydroxyl groups excluding tert-OH is 1. The van der Waals surface area contributed by atoms with Crippen molar-refractivity contribution in [3.8, 4) is 0 Å². The Hall–Kier alpha value is -3.50. The van der Waals surface area contributed by atoms with Gasteiger partial charge in [-0.15, -0.1) is 13.2 Å². The topological polar surface area (TPSA) is 117 Å². The largest absolute Gasteiger partial charge is 0.455 e. The molecule has 1 aromatic rings. The summed E-state index contributed by atoms with van der Waals surface area (Å²) in [6.45, 7) is 21.7. The van der Waals surface area contributed by atoms with E-state index in [-0.39, 0.29) is 42.7 Å². The van der Waals surface area contributed by atoms with Crippen molar-refractivity contribution in [3.63, 3.8) is 0 Å². The number of aliphatic hydroxyl groups is 1. The van der Waals surface area contributed by atoms with E-state index < -0.39 is 59.3 Å². The van der Waals surface area contributed by atoms with Gasteiger partial charge >= 0.3 is 5.97 Å². The molecule has 1 aromatic carbocycles. The van der Waals surface area contributed by atoms with Crippen LogP contribution in [0, 0.1) is 17.3 Å². The molecule has 2 bridgehead atoms. The summed E-state index contributed by atoms with van der Waals surface area (Å²) in [5, 5.41) is 10.5. The highest BCUT2D eigenvalue weighted by molar-refractivity contribution is 5.98. The van der Waals surface area contributed by atoms with Crippen molar-refractivity contribution in [1.82, 2.24) is 14.7 Å². The quantitative estimate of drug-likeness (QED) is 0.181. The van der Waals surface area contributed by atoms with Gasteiger partial charge in [-0.2, -0.15) is 0 Å². The molecule has 3 saturated heterocycles. The smallest absolute Gasteiger partial charge is 0.313 e. The van der Waals surface area contributed by atoms with Crippen LogP contribution in [-0.4, -0.2) is 99.1 Å². The van der Waals surface area contributed by atoms with Crippen LogP contribution in [0.4, 0.5) is 0 Å². The van der Waals surface area contributed by atoms with Gasteiger partial charge in [0.15, 0.2) is 0 Å². The molecule has 0 aromatic heterocycles. The number of fused-ring (bicyclic) bond motifs is 1. The first kappa shape index (κ1) is 39.3. The highest BCUT2D eigenvalue weighted by atomic mass is 16.6. The molecule has 3 aliphatic rings. The van der Waals surface area contributed by atoms with Gasteiger partial charge in [-0.3, -0.25) is 19.2 Å². The number of rotatable bonds is 16. The SMILES string of the molecule is C=CCCC(=O)N(C)[C@H](C)[C@H](OC(=O)[C@@H]1[C@@H]2CC[C@]3(O2)[C@H](C(=O)N(CC=C)C(C)(C)CC(C)(C)C)N([C@@H](CC)CO)C(=O)[C@@H]13)c1ccccc1. The average Bonchev–Trinajstić information content (AvgIpc) is 3.71. The van der Waals surface area contributed by atoms with Crippen molar-refractivity contribution >= 4 is 23.7 Å². The molecule has 1 N–H and O–H groups in total. The van der Waals surface area contributed by atoms with E-state index in [0.29, 0.717) is 32.1 Å². The molecule has 50 heavy (non-hydrogen) atoms. The van der Waals surface area contributed by atoms with Crippen molar-refractivity contribution < 1.29 is 33.8 Å². The monoisotopic (exact) mass is 693 g/mol. The maximum absolute atomic E-state index is 15.0. The van der Waals surface area contributed by atoms with E-state index in [0.717, 1.165) is 5.56 Å². The summed E-state index contributed by atoms with van der Waals surface area (Å²) in [7, 11) is 1.69. The Bertz CT molecular complexity index is 1420. The van der Waals surface area contributed by atoms with Gasteiger partial charge in [-0.05, 0) is 63.9 Å². The fourth-order valence-electron chi connectivity index (χ4n) is 8.87. The number of benzene rings is 1. The normalized spacial score (nSPS) is 26.2. The van der Waals surface area contributed by atoms with Crippen LogP contribution in [0.1, 0.15) is 98.7 Å². The zero-order valence-electron chi connectivity index (χ0n) is 31.4. The zero-order chi connectivity index (χ0) is 37.2. The van der Waals surface area contributed by atoms with Gasteiger partial charge in [-0.25, -0.2) is 0 Å². The molecule has 1 spiro atoms. The third-order valence-electron chi connectivity index (χ3n) is 11.0. The van der Waals surface area contributed by atoms with Crippen LogP contribution in [0.3, 0.4) is 0 Å². The molecule has 0 aliphatic carbocycles. The number of hydrogen-bond acceptors (Lipinski definition) is 7. The molecular weight excluding hydrogens is 634 g/mol. The predicted molar refractivity (Wildman–Crippen MR) is 193 cm³/mol. The van der Waals surface area contributed by atoms with Gasteiger partial charge in [-0.1, -0.05) is 70.2 Å². The molecule has 10 heteroatoms. The van der Waals surface area contributed by atoms with Crippen molar-refractivity contribution in [2.45, 2.75) is 128 Å². The van der Waals surface area contributed by atoms with Gasteiger partial charge in [0.2, 0.25) is 17.7 Å². The second kappa shape index (κ2) is 15.4. The number of amides is 3. The minimum absolute atomic E-state index is 0.0970. The van der Waals surface area contributed by atoms with Crippen molar-refractivity contribution in [1.29, 1.82) is 0 Å². The van der Waals surface area contributed by atoms with Gasteiger partial charge in [0.1, 0.15) is 17.7 Å². The molecule has 276 valence electrons. The Morgan fingerprint density at radius 1 is 1.14 bits per heavy atom. The number of allylic oxidation sites excluding steroid dienone is 1. The summed E-state index contributed by atoms with van der Waals surface area (Å²) in [5.41, 5.74) is -1.24. The lowest BCUT2D eigenvalue weighted by molar-refractivity contribution is -0.165. The predicted octanol–water partition coefficient (Wildman–Crippen LogP) is 5.46. The van der Waals surface area contributed by atoms with Crippen LogP contribution in [0.25, 0.3) is 0 Å². The highest BCUT2D eigenvalue weighted by Crippen LogP contribution is 2.59. The lowest BCUT2D eigenvalue weighted by atomic mass is 9.70. The molecule has 3 heterocycles. The van der Waals surface area contributed by atoms with Gasteiger partial charge in [0, 0.05) is 25.6 Å². The first-order valence-corrected chi connectivity index (χ1v) is 18.1. The molecule has 0 saturated carbocycles. The third-order valence-corrected chi connectivity index (χ3v) is 11.0. The number of hydrogen-bond donors (Lipinski definition) is 1. The minimum atomic E-state index is -1.26. The molecular formula is C40H59N3O7. The molecule has 8 atom stereocenters. The van der Waals surface area contributed by atoms with Gasteiger partial charge < -0.3 is 29.3 Å². The zero-order valence-corrected chi connectivity index (χ0v) is 31.4. The molecule has 0 radical (unpaired) electrons. The highest BCUT2D eigenvalue weighted by Gasteiger charge is 2.76. The van der Waals surface area contributed by atoms with E-state index in [1.54, 1.807) is 29.0 Å². The molecule has 10 nitrogen and oxygen atoms in total.